The number of carbonyl (C=O) groups excluding carboxylic acids is 1. The van der Waals surface area contributed by atoms with Crippen LogP contribution in [0.15, 0.2) is 30.3 Å². The Kier molecular flexibility index (Phi) is 5.31. The second-order valence-electron chi connectivity index (χ2n) is 7.06. The van der Waals surface area contributed by atoms with Crippen molar-refractivity contribution in [1.82, 2.24) is 15.3 Å². The fourth-order valence-corrected chi connectivity index (χ4v) is 3.16. The summed E-state index contributed by atoms with van der Waals surface area (Å²) in [5, 5.41) is 2.95. The number of amides is 1. The normalized spacial score (nSPS) is 17.4. The molecule has 0 radical (unpaired) electrons. The molecule has 3 rings (SSSR count). The third kappa shape index (κ3) is 4.56. The maximum atomic E-state index is 12.5. The van der Waals surface area contributed by atoms with E-state index in [1.807, 2.05) is 31.2 Å². The van der Waals surface area contributed by atoms with E-state index in [1.165, 1.54) is 12.0 Å². The highest BCUT2D eigenvalue weighted by atomic mass is 16.1. The topological polar surface area (TPSA) is 58.1 Å². The van der Waals surface area contributed by atoms with Gasteiger partial charge in [0, 0.05) is 25.3 Å². The van der Waals surface area contributed by atoms with Crippen LogP contribution in [-0.2, 0) is 6.54 Å². The molecule has 1 atom stereocenters. The van der Waals surface area contributed by atoms with Crippen LogP contribution in [0.25, 0.3) is 0 Å². The van der Waals surface area contributed by atoms with Gasteiger partial charge in [0.2, 0.25) is 5.95 Å². The molecule has 0 spiro atoms. The van der Waals surface area contributed by atoms with Crippen molar-refractivity contribution >= 4 is 11.9 Å². The fourth-order valence-electron chi connectivity index (χ4n) is 3.16. The molecule has 1 fully saturated rings. The number of nitrogens with zero attached hydrogens (tertiary/aromatic N) is 3. The van der Waals surface area contributed by atoms with Crippen LogP contribution in [0.5, 0.6) is 0 Å². The first-order valence-electron chi connectivity index (χ1n) is 8.95. The van der Waals surface area contributed by atoms with Gasteiger partial charge in [0.25, 0.3) is 5.91 Å². The third-order valence-corrected chi connectivity index (χ3v) is 4.59. The minimum Gasteiger partial charge on any atom is -0.347 e. The monoisotopic (exact) mass is 338 g/mol. The van der Waals surface area contributed by atoms with Gasteiger partial charge in [0.1, 0.15) is 5.69 Å². The quantitative estimate of drug-likeness (QED) is 0.929. The largest absolute Gasteiger partial charge is 0.347 e. The van der Waals surface area contributed by atoms with Gasteiger partial charge >= 0.3 is 0 Å². The van der Waals surface area contributed by atoms with E-state index in [4.69, 9.17) is 0 Å². The predicted molar refractivity (Wildman–Crippen MR) is 99.7 cm³/mol. The van der Waals surface area contributed by atoms with Crippen molar-refractivity contribution in [3.8, 4) is 0 Å². The lowest BCUT2D eigenvalue weighted by Crippen LogP contribution is -2.36. The van der Waals surface area contributed by atoms with E-state index in [0.717, 1.165) is 30.8 Å². The van der Waals surface area contributed by atoms with Crippen LogP contribution in [0.2, 0.25) is 0 Å². The highest BCUT2D eigenvalue weighted by Crippen LogP contribution is 2.20. The zero-order chi connectivity index (χ0) is 17.8. The Hall–Kier alpha value is -2.43. The first kappa shape index (κ1) is 17.4. The van der Waals surface area contributed by atoms with Gasteiger partial charge in [0.15, 0.2) is 0 Å². The zero-order valence-electron chi connectivity index (χ0n) is 15.2. The maximum absolute atomic E-state index is 12.5. The van der Waals surface area contributed by atoms with E-state index in [2.05, 4.69) is 34.0 Å². The molecular weight excluding hydrogens is 312 g/mol. The molecule has 1 aliphatic rings. The molecule has 1 amide bonds. The molecular formula is C20H26N4O. The average Bonchev–Trinajstić information content (AvgIpc) is 2.60. The Labute approximate surface area is 149 Å². The van der Waals surface area contributed by atoms with Gasteiger partial charge in [0.05, 0.1) is 0 Å². The smallest absolute Gasteiger partial charge is 0.270 e. The number of benzene rings is 1. The molecule has 1 saturated heterocycles. The van der Waals surface area contributed by atoms with E-state index in [1.54, 1.807) is 6.07 Å². The number of hydrogen-bond acceptors (Lipinski definition) is 4. The minimum atomic E-state index is -0.155. The van der Waals surface area contributed by atoms with Crippen molar-refractivity contribution in [1.29, 1.82) is 0 Å². The van der Waals surface area contributed by atoms with E-state index < -0.39 is 0 Å². The van der Waals surface area contributed by atoms with Crippen LogP contribution in [0.1, 0.15) is 47.1 Å². The number of hydrogen-bond donors (Lipinski definition) is 1. The summed E-state index contributed by atoms with van der Waals surface area (Å²) in [6, 6.07) is 9.90. The molecule has 1 N–H and O–H groups in total. The van der Waals surface area contributed by atoms with E-state index in [9.17, 15) is 4.79 Å². The Balaban J connectivity index is 1.70. The van der Waals surface area contributed by atoms with Crippen LogP contribution in [0.4, 0.5) is 5.95 Å². The Morgan fingerprint density at radius 2 is 2.00 bits per heavy atom. The molecule has 25 heavy (non-hydrogen) atoms. The number of carbonyl (C=O) groups is 1. The minimum absolute atomic E-state index is 0.155. The van der Waals surface area contributed by atoms with Gasteiger partial charge in [-0.05, 0) is 44.2 Å². The molecule has 1 aromatic carbocycles. The standard InChI is InChI=1S/C20H26N4O/c1-14-6-8-17(9-7-14)12-21-19(25)18-11-16(3)22-20(23-18)24-10-4-5-15(2)13-24/h6-9,11,15H,4-5,10,12-13H2,1-3H3,(H,21,25). The molecule has 132 valence electrons. The van der Waals surface area contributed by atoms with Gasteiger partial charge in [-0.1, -0.05) is 36.8 Å². The fraction of sp³-hybridized carbons (Fsp3) is 0.450. The Bertz CT molecular complexity index is 742. The lowest BCUT2D eigenvalue weighted by atomic mass is 10.0. The third-order valence-electron chi connectivity index (χ3n) is 4.59. The van der Waals surface area contributed by atoms with Gasteiger partial charge in [-0.2, -0.15) is 0 Å². The molecule has 1 aliphatic heterocycles. The Morgan fingerprint density at radius 1 is 1.24 bits per heavy atom. The molecule has 1 unspecified atom stereocenters. The van der Waals surface area contributed by atoms with Crippen molar-refractivity contribution in [3.63, 3.8) is 0 Å². The molecule has 2 heterocycles. The van der Waals surface area contributed by atoms with Gasteiger partial charge in [-0.25, -0.2) is 9.97 Å². The zero-order valence-corrected chi connectivity index (χ0v) is 15.2. The predicted octanol–water partition coefficient (Wildman–Crippen LogP) is 3.26. The number of aromatic nitrogens is 2. The molecule has 2 aromatic rings. The second-order valence-corrected chi connectivity index (χ2v) is 7.06. The van der Waals surface area contributed by atoms with Gasteiger partial charge in [-0.15, -0.1) is 0 Å². The lowest BCUT2D eigenvalue weighted by molar-refractivity contribution is 0.0945. The van der Waals surface area contributed by atoms with Gasteiger partial charge in [-0.3, -0.25) is 4.79 Å². The number of nitrogens with one attached hydrogen (secondary N) is 1. The van der Waals surface area contributed by atoms with Crippen molar-refractivity contribution in [2.45, 2.75) is 40.2 Å². The highest BCUT2D eigenvalue weighted by molar-refractivity contribution is 5.92. The molecule has 1 aromatic heterocycles. The highest BCUT2D eigenvalue weighted by Gasteiger charge is 2.20. The summed E-state index contributed by atoms with van der Waals surface area (Å²) in [6.07, 6.45) is 2.39. The van der Waals surface area contributed by atoms with Crippen LogP contribution >= 0.6 is 0 Å². The van der Waals surface area contributed by atoms with Gasteiger partial charge < -0.3 is 10.2 Å². The summed E-state index contributed by atoms with van der Waals surface area (Å²) in [5.41, 5.74) is 3.55. The summed E-state index contributed by atoms with van der Waals surface area (Å²) in [4.78, 5) is 23.8. The molecule has 0 aliphatic carbocycles. The van der Waals surface area contributed by atoms with Crippen molar-refractivity contribution < 1.29 is 4.79 Å². The second kappa shape index (κ2) is 7.64. The number of piperidine rings is 1. The number of anilines is 1. The molecule has 5 heteroatoms. The van der Waals surface area contributed by atoms with Crippen LogP contribution < -0.4 is 10.2 Å². The number of aryl methyl sites for hydroxylation is 2. The first-order chi connectivity index (χ1) is 12.0. The summed E-state index contributed by atoms with van der Waals surface area (Å²) in [6.45, 7) is 8.62. The molecule has 5 nitrogen and oxygen atoms in total. The van der Waals surface area contributed by atoms with Crippen LogP contribution in [0, 0.1) is 19.8 Å². The van der Waals surface area contributed by atoms with Crippen molar-refractivity contribution in [2.75, 3.05) is 18.0 Å². The van der Waals surface area contributed by atoms with Crippen LogP contribution in [0.3, 0.4) is 0 Å². The SMILES string of the molecule is Cc1ccc(CNC(=O)c2cc(C)nc(N3CCCC(C)C3)n2)cc1. The van der Waals surface area contributed by atoms with E-state index in [-0.39, 0.29) is 5.91 Å². The number of rotatable bonds is 4. The van der Waals surface area contributed by atoms with Crippen molar-refractivity contribution in [2.24, 2.45) is 5.92 Å². The van der Waals surface area contributed by atoms with Crippen molar-refractivity contribution in [3.05, 3.63) is 52.8 Å². The summed E-state index contributed by atoms with van der Waals surface area (Å²) < 4.78 is 0. The van der Waals surface area contributed by atoms with E-state index >= 15 is 0 Å². The molecule has 0 saturated carbocycles. The summed E-state index contributed by atoms with van der Waals surface area (Å²) >= 11 is 0. The Morgan fingerprint density at radius 3 is 2.72 bits per heavy atom. The molecule has 0 bridgehead atoms. The summed E-state index contributed by atoms with van der Waals surface area (Å²) in [5.74, 6) is 1.15. The average molecular weight is 338 g/mol. The maximum Gasteiger partial charge on any atom is 0.270 e. The summed E-state index contributed by atoms with van der Waals surface area (Å²) in [7, 11) is 0. The van der Waals surface area contributed by atoms with Crippen LogP contribution in [-0.4, -0.2) is 29.0 Å². The van der Waals surface area contributed by atoms with E-state index in [0.29, 0.717) is 24.1 Å². The first-order valence-corrected chi connectivity index (χ1v) is 8.95. The lowest BCUT2D eigenvalue weighted by Gasteiger charge is -2.31.